The van der Waals surface area contributed by atoms with Crippen LogP contribution in [-0.2, 0) is 0 Å². The van der Waals surface area contributed by atoms with Crippen LogP contribution in [0.1, 0.15) is 20.7 Å². The molecule has 0 aliphatic carbocycles. The first kappa shape index (κ1) is 14.2. The number of hydrogen-bond donors (Lipinski definition) is 2. The zero-order valence-corrected chi connectivity index (χ0v) is 11.6. The van der Waals surface area contributed by atoms with Crippen LogP contribution in [0, 0.1) is 5.82 Å². The number of hydrogen-bond acceptors (Lipinski definition) is 2. The minimum Gasteiger partial charge on any atom is -0.478 e. The van der Waals surface area contributed by atoms with Crippen molar-refractivity contribution in [2.75, 3.05) is 5.32 Å². The monoisotopic (exact) mass is 337 g/mol. The van der Waals surface area contributed by atoms with Crippen molar-refractivity contribution in [1.82, 2.24) is 0 Å². The molecule has 0 spiro atoms. The van der Waals surface area contributed by atoms with Gasteiger partial charge in [0.1, 0.15) is 5.82 Å². The van der Waals surface area contributed by atoms with Crippen molar-refractivity contribution in [3.05, 3.63) is 63.9 Å². The van der Waals surface area contributed by atoms with Gasteiger partial charge in [-0.2, -0.15) is 0 Å². The number of carboxylic acids is 1. The maximum atomic E-state index is 13.6. The molecule has 6 heteroatoms. The molecule has 1 amide bonds. The summed E-state index contributed by atoms with van der Waals surface area (Å²) in [6, 6.07) is 9.82. The highest BCUT2D eigenvalue weighted by molar-refractivity contribution is 9.10. The number of halogens is 2. The summed E-state index contributed by atoms with van der Waals surface area (Å²) in [5.41, 5.74) is 0.142. The van der Waals surface area contributed by atoms with E-state index in [4.69, 9.17) is 5.11 Å². The molecule has 2 aromatic carbocycles. The van der Waals surface area contributed by atoms with E-state index in [0.29, 0.717) is 4.47 Å². The minimum atomic E-state index is -1.13. The average molecular weight is 338 g/mol. The van der Waals surface area contributed by atoms with Gasteiger partial charge in [-0.1, -0.05) is 12.1 Å². The highest BCUT2D eigenvalue weighted by Gasteiger charge is 2.13. The van der Waals surface area contributed by atoms with E-state index in [2.05, 4.69) is 21.2 Å². The normalized spacial score (nSPS) is 10.1. The molecule has 0 saturated heterocycles. The Bertz CT molecular complexity index is 668. The maximum Gasteiger partial charge on any atom is 0.335 e. The molecule has 0 aliphatic heterocycles. The van der Waals surface area contributed by atoms with Gasteiger partial charge in [0.25, 0.3) is 5.91 Å². The number of aromatic carboxylic acids is 1. The van der Waals surface area contributed by atoms with Crippen molar-refractivity contribution in [1.29, 1.82) is 0 Å². The summed E-state index contributed by atoms with van der Waals surface area (Å²) in [5.74, 6) is -2.30. The minimum absolute atomic E-state index is 0.00903. The number of carbonyl (C=O) groups excluding carboxylic acids is 1. The van der Waals surface area contributed by atoms with Crippen molar-refractivity contribution in [3.63, 3.8) is 0 Å². The van der Waals surface area contributed by atoms with E-state index in [1.165, 1.54) is 36.4 Å². The second-order valence-electron chi connectivity index (χ2n) is 3.94. The number of benzene rings is 2. The molecule has 4 nitrogen and oxygen atoms in total. The molecule has 102 valence electrons. The zero-order chi connectivity index (χ0) is 14.7. The Labute approximate surface area is 122 Å². The average Bonchev–Trinajstić information content (AvgIpc) is 2.43. The van der Waals surface area contributed by atoms with Gasteiger partial charge in [0, 0.05) is 10.0 Å². The standard InChI is InChI=1S/C14H9BrFNO3/c15-10-5-2-6-11(16)12(10)17-13(18)8-3-1-4-9(7-8)14(19)20/h1-7H,(H,17,18)(H,19,20). The summed E-state index contributed by atoms with van der Waals surface area (Å²) in [6.07, 6.45) is 0. The smallest absolute Gasteiger partial charge is 0.335 e. The Morgan fingerprint density at radius 2 is 1.75 bits per heavy atom. The van der Waals surface area contributed by atoms with Gasteiger partial charge >= 0.3 is 5.97 Å². The van der Waals surface area contributed by atoms with Crippen LogP contribution in [0.5, 0.6) is 0 Å². The van der Waals surface area contributed by atoms with Crippen LogP contribution in [0.4, 0.5) is 10.1 Å². The Morgan fingerprint density at radius 3 is 2.40 bits per heavy atom. The molecule has 0 fully saturated rings. The van der Waals surface area contributed by atoms with E-state index in [9.17, 15) is 14.0 Å². The summed E-state index contributed by atoms with van der Waals surface area (Å²) in [6.45, 7) is 0. The third kappa shape index (κ3) is 3.03. The third-order valence-corrected chi connectivity index (χ3v) is 3.23. The summed E-state index contributed by atoms with van der Waals surface area (Å²) >= 11 is 3.14. The van der Waals surface area contributed by atoms with Gasteiger partial charge in [-0.25, -0.2) is 9.18 Å². The summed E-state index contributed by atoms with van der Waals surface area (Å²) in [4.78, 5) is 22.8. The van der Waals surface area contributed by atoms with Gasteiger partial charge in [-0.15, -0.1) is 0 Å². The molecule has 2 N–H and O–H groups in total. The largest absolute Gasteiger partial charge is 0.478 e. The molecule has 0 aliphatic rings. The zero-order valence-electron chi connectivity index (χ0n) is 10.1. The first-order chi connectivity index (χ1) is 9.49. The van der Waals surface area contributed by atoms with Crippen molar-refractivity contribution >= 4 is 33.5 Å². The second kappa shape index (κ2) is 5.83. The van der Waals surface area contributed by atoms with Gasteiger partial charge in [0.15, 0.2) is 0 Å². The fourth-order valence-electron chi connectivity index (χ4n) is 1.60. The van der Waals surface area contributed by atoms with Gasteiger partial charge in [-0.05, 0) is 46.3 Å². The lowest BCUT2D eigenvalue weighted by Crippen LogP contribution is -2.14. The summed E-state index contributed by atoms with van der Waals surface area (Å²) < 4.78 is 14.0. The molecule has 0 atom stereocenters. The van der Waals surface area contributed by atoms with Gasteiger partial charge in [-0.3, -0.25) is 4.79 Å². The molecule has 0 heterocycles. The molecular formula is C14H9BrFNO3. The van der Waals surface area contributed by atoms with E-state index < -0.39 is 17.7 Å². The van der Waals surface area contributed by atoms with Gasteiger partial charge in [0.05, 0.1) is 11.3 Å². The SMILES string of the molecule is O=C(O)c1cccc(C(=O)Nc2c(F)cccc2Br)c1. The highest BCUT2D eigenvalue weighted by Crippen LogP contribution is 2.25. The Balaban J connectivity index is 2.29. The van der Waals surface area contributed by atoms with E-state index >= 15 is 0 Å². The number of carboxylic acid groups (broad SMARTS) is 1. The van der Waals surface area contributed by atoms with Crippen LogP contribution in [0.2, 0.25) is 0 Å². The molecule has 0 aromatic heterocycles. The van der Waals surface area contributed by atoms with Crippen LogP contribution in [-0.4, -0.2) is 17.0 Å². The lowest BCUT2D eigenvalue weighted by molar-refractivity contribution is 0.0697. The number of amides is 1. The van der Waals surface area contributed by atoms with E-state index in [1.54, 1.807) is 6.07 Å². The third-order valence-electron chi connectivity index (χ3n) is 2.57. The van der Waals surface area contributed by atoms with Crippen LogP contribution < -0.4 is 5.32 Å². The molecule has 0 saturated carbocycles. The predicted octanol–water partition coefficient (Wildman–Crippen LogP) is 3.54. The Morgan fingerprint density at radius 1 is 1.10 bits per heavy atom. The van der Waals surface area contributed by atoms with E-state index in [0.717, 1.165) is 0 Å². The molecule has 0 radical (unpaired) electrons. The molecule has 20 heavy (non-hydrogen) atoms. The number of anilines is 1. The second-order valence-corrected chi connectivity index (χ2v) is 4.79. The molecule has 0 unspecified atom stereocenters. The van der Waals surface area contributed by atoms with Crippen molar-refractivity contribution in [2.24, 2.45) is 0 Å². The van der Waals surface area contributed by atoms with E-state index in [1.807, 2.05) is 0 Å². The number of carbonyl (C=O) groups is 2. The number of nitrogens with one attached hydrogen (secondary N) is 1. The fraction of sp³-hybridized carbons (Fsp3) is 0. The molecule has 2 rings (SSSR count). The first-order valence-electron chi connectivity index (χ1n) is 5.58. The maximum absolute atomic E-state index is 13.6. The van der Waals surface area contributed by atoms with E-state index in [-0.39, 0.29) is 16.8 Å². The highest BCUT2D eigenvalue weighted by atomic mass is 79.9. The van der Waals surface area contributed by atoms with Gasteiger partial charge in [0.2, 0.25) is 0 Å². The summed E-state index contributed by atoms with van der Waals surface area (Å²) in [7, 11) is 0. The molecule has 0 bridgehead atoms. The Hall–Kier alpha value is -2.21. The quantitative estimate of drug-likeness (QED) is 0.900. The first-order valence-corrected chi connectivity index (χ1v) is 6.37. The van der Waals surface area contributed by atoms with Crippen LogP contribution in [0.3, 0.4) is 0 Å². The number of rotatable bonds is 3. The lowest BCUT2D eigenvalue weighted by Gasteiger charge is -2.08. The van der Waals surface area contributed by atoms with Crippen molar-refractivity contribution in [3.8, 4) is 0 Å². The predicted molar refractivity (Wildman–Crippen MR) is 75.5 cm³/mol. The molecule has 2 aromatic rings. The topological polar surface area (TPSA) is 66.4 Å². The van der Waals surface area contributed by atoms with Crippen molar-refractivity contribution < 1.29 is 19.1 Å². The van der Waals surface area contributed by atoms with Crippen LogP contribution >= 0.6 is 15.9 Å². The van der Waals surface area contributed by atoms with Gasteiger partial charge < -0.3 is 10.4 Å². The van der Waals surface area contributed by atoms with Crippen LogP contribution in [0.25, 0.3) is 0 Å². The fourth-order valence-corrected chi connectivity index (χ4v) is 2.04. The Kier molecular flexibility index (Phi) is 4.14. The lowest BCUT2D eigenvalue weighted by atomic mass is 10.1. The van der Waals surface area contributed by atoms with Crippen LogP contribution in [0.15, 0.2) is 46.9 Å². The molecular weight excluding hydrogens is 329 g/mol. The summed E-state index contributed by atoms with van der Waals surface area (Å²) in [5, 5.41) is 11.3. The van der Waals surface area contributed by atoms with Crippen molar-refractivity contribution in [2.45, 2.75) is 0 Å². The number of para-hydroxylation sites is 1.